The Hall–Kier alpha value is -2.04. The molecule has 3 heterocycles. The first-order chi connectivity index (χ1) is 10.4. The molecule has 1 N–H and O–H groups in total. The van der Waals surface area contributed by atoms with Crippen molar-refractivity contribution >= 4 is 11.3 Å². The van der Waals surface area contributed by atoms with Crippen molar-refractivity contribution in [1.82, 2.24) is 15.3 Å². The SMILES string of the molecule is c1cncc(-c2nc([C@H]3NCCc4ccccc43)cs2)c1. The summed E-state index contributed by atoms with van der Waals surface area (Å²) in [6.45, 7) is 1.00. The first kappa shape index (κ1) is 12.7. The number of fused-ring (bicyclic) bond motifs is 1. The van der Waals surface area contributed by atoms with E-state index in [1.54, 1.807) is 17.5 Å². The fraction of sp³-hybridized carbons (Fsp3) is 0.176. The molecule has 4 heteroatoms. The van der Waals surface area contributed by atoms with Gasteiger partial charge in [0.2, 0.25) is 0 Å². The number of benzene rings is 1. The van der Waals surface area contributed by atoms with Crippen molar-refractivity contribution < 1.29 is 0 Å². The number of hydrogen-bond donors (Lipinski definition) is 1. The first-order valence-electron chi connectivity index (χ1n) is 7.09. The van der Waals surface area contributed by atoms with Gasteiger partial charge in [0, 0.05) is 29.9 Å². The fourth-order valence-electron chi connectivity index (χ4n) is 2.81. The van der Waals surface area contributed by atoms with E-state index in [1.807, 2.05) is 12.3 Å². The van der Waals surface area contributed by atoms with Crippen LogP contribution >= 0.6 is 11.3 Å². The second kappa shape index (κ2) is 5.39. The Morgan fingerprint density at radius 3 is 3.00 bits per heavy atom. The van der Waals surface area contributed by atoms with Gasteiger partial charge < -0.3 is 5.32 Å². The molecule has 0 radical (unpaired) electrons. The zero-order valence-corrected chi connectivity index (χ0v) is 12.3. The van der Waals surface area contributed by atoms with E-state index in [-0.39, 0.29) is 6.04 Å². The fourth-order valence-corrected chi connectivity index (χ4v) is 3.65. The summed E-state index contributed by atoms with van der Waals surface area (Å²) in [7, 11) is 0. The van der Waals surface area contributed by atoms with E-state index in [0.717, 1.165) is 29.2 Å². The average Bonchev–Trinajstić information content (AvgIpc) is 3.05. The Kier molecular flexibility index (Phi) is 3.25. The highest BCUT2D eigenvalue weighted by Crippen LogP contribution is 2.31. The Balaban J connectivity index is 1.71. The van der Waals surface area contributed by atoms with Gasteiger partial charge in [0.05, 0.1) is 11.7 Å². The third kappa shape index (κ3) is 2.37. The lowest BCUT2D eigenvalue weighted by atomic mass is 9.93. The second-order valence-corrected chi connectivity index (χ2v) is 6.01. The van der Waals surface area contributed by atoms with Crippen molar-refractivity contribution in [3.63, 3.8) is 0 Å². The first-order valence-corrected chi connectivity index (χ1v) is 7.97. The number of nitrogens with one attached hydrogen (secondary N) is 1. The lowest BCUT2D eigenvalue weighted by molar-refractivity contribution is 0.559. The van der Waals surface area contributed by atoms with Crippen molar-refractivity contribution in [2.24, 2.45) is 0 Å². The molecule has 0 saturated heterocycles. The molecule has 0 saturated carbocycles. The van der Waals surface area contributed by atoms with Crippen LogP contribution in [0.4, 0.5) is 0 Å². The normalized spacial score (nSPS) is 17.4. The van der Waals surface area contributed by atoms with Crippen molar-refractivity contribution in [2.45, 2.75) is 12.5 Å². The molecular formula is C17H15N3S. The Morgan fingerprint density at radius 1 is 1.14 bits per heavy atom. The molecule has 0 fully saturated rings. The van der Waals surface area contributed by atoms with Gasteiger partial charge in [0.25, 0.3) is 0 Å². The lowest BCUT2D eigenvalue weighted by Gasteiger charge is -2.25. The van der Waals surface area contributed by atoms with Gasteiger partial charge >= 0.3 is 0 Å². The summed E-state index contributed by atoms with van der Waals surface area (Å²) in [5.74, 6) is 0. The summed E-state index contributed by atoms with van der Waals surface area (Å²) in [4.78, 5) is 8.99. The summed E-state index contributed by atoms with van der Waals surface area (Å²) >= 11 is 1.68. The van der Waals surface area contributed by atoms with Crippen molar-refractivity contribution in [1.29, 1.82) is 0 Å². The number of hydrogen-bond acceptors (Lipinski definition) is 4. The molecule has 1 atom stereocenters. The molecule has 1 aliphatic rings. The second-order valence-electron chi connectivity index (χ2n) is 5.16. The van der Waals surface area contributed by atoms with Crippen LogP contribution in [0.5, 0.6) is 0 Å². The standard InChI is InChI=1S/C17H15N3S/c1-2-6-14-12(4-1)7-9-19-16(14)15-11-21-17(20-15)13-5-3-8-18-10-13/h1-6,8,10-11,16,19H,7,9H2/t16-/m0/s1. The minimum absolute atomic E-state index is 0.205. The van der Waals surface area contributed by atoms with Gasteiger partial charge in [-0.3, -0.25) is 4.98 Å². The molecule has 0 unspecified atom stereocenters. The van der Waals surface area contributed by atoms with Crippen LogP contribution < -0.4 is 5.32 Å². The maximum atomic E-state index is 4.82. The van der Waals surface area contributed by atoms with Crippen LogP contribution in [0.15, 0.2) is 54.2 Å². The van der Waals surface area contributed by atoms with E-state index in [9.17, 15) is 0 Å². The minimum atomic E-state index is 0.205. The van der Waals surface area contributed by atoms with Gasteiger partial charge in [0.15, 0.2) is 0 Å². The van der Waals surface area contributed by atoms with Crippen LogP contribution in [0.25, 0.3) is 10.6 Å². The molecule has 4 rings (SSSR count). The molecule has 0 bridgehead atoms. The highest BCUT2D eigenvalue weighted by atomic mass is 32.1. The molecule has 2 aromatic heterocycles. The van der Waals surface area contributed by atoms with Gasteiger partial charge in [-0.15, -0.1) is 11.3 Å². The van der Waals surface area contributed by atoms with Gasteiger partial charge in [-0.25, -0.2) is 4.98 Å². The van der Waals surface area contributed by atoms with Crippen molar-refractivity contribution in [3.05, 3.63) is 71.0 Å². The predicted octanol–water partition coefficient (Wildman–Crippen LogP) is 3.44. The number of thiazole rings is 1. The summed E-state index contributed by atoms with van der Waals surface area (Å²) in [6.07, 6.45) is 4.74. The Labute approximate surface area is 127 Å². The highest BCUT2D eigenvalue weighted by molar-refractivity contribution is 7.13. The Morgan fingerprint density at radius 2 is 2.10 bits per heavy atom. The van der Waals surface area contributed by atoms with Crippen LogP contribution in [-0.2, 0) is 6.42 Å². The molecule has 3 aromatic rings. The van der Waals surface area contributed by atoms with Crippen LogP contribution in [0.3, 0.4) is 0 Å². The van der Waals surface area contributed by atoms with E-state index >= 15 is 0 Å². The third-order valence-electron chi connectivity index (χ3n) is 3.84. The lowest BCUT2D eigenvalue weighted by Crippen LogP contribution is -2.30. The molecule has 0 aliphatic carbocycles. The van der Waals surface area contributed by atoms with Crippen molar-refractivity contribution in [2.75, 3.05) is 6.54 Å². The van der Waals surface area contributed by atoms with Crippen LogP contribution in [0, 0.1) is 0 Å². The summed E-state index contributed by atoms with van der Waals surface area (Å²) in [5.41, 5.74) is 4.97. The quantitative estimate of drug-likeness (QED) is 0.786. The van der Waals surface area contributed by atoms with E-state index < -0.39 is 0 Å². The molecule has 1 aliphatic heterocycles. The predicted molar refractivity (Wildman–Crippen MR) is 85.3 cm³/mol. The molecule has 21 heavy (non-hydrogen) atoms. The maximum Gasteiger partial charge on any atom is 0.125 e. The van der Waals surface area contributed by atoms with Gasteiger partial charge in [-0.1, -0.05) is 24.3 Å². The molecule has 3 nitrogen and oxygen atoms in total. The smallest absolute Gasteiger partial charge is 0.125 e. The number of aromatic nitrogens is 2. The number of pyridine rings is 1. The molecule has 0 amide bonds. The maximum absolute atomic E-state index is 4.82. The summed E-state index contributed by atoms with van der Waals surface area (Å²) in [6, 6.07) is 12.8. The minimum Gasteiger partial charge on any atom is -0.305 e. The van der Waals surface area contributed by atoms with E-state index in [0.29, 0.717) is 0 Å². The number of rotatable bonds is 2. The zero-order valence-electron chi connectivity index (χ0n) is 11.5. The van der Waals surface area contributed by atoms with Crippen LogP contribution in [0.1, 0.15) is 22.9 Å². The van der Waals surface area contributed by atoms with E-state index in [4.69, 9.17) is 4.98 Å². The van der Waals surface area contributed by atoms with Crippen LogP contribution in [0.2, 0.25) is 0 Å². The largest absolute Gasteiger partial charge is 0.305 e. The number of nitrogens with zero attached hydrogens (tertiary/aromatic N) is 2. The summed E-state index contributed by atoms with van der Waals surface area (Å²) in [5, 5.41) is 6.77. The molecular weight excluding hydrogens is 278 g/mol. The van der Waals surface area contributed by atoms with Gasteiger partial charge in [-0.05, 0) is 29.7 Å². The van der Waals surface area contributed by atoms with Crippen molar-refractivity contribution in [3.8, 4) is 10.6 Å². The van der Waals surface area contributed by atoms with E-state index in [1.165, 1.54) is 11.1 Å². The summed E-state index contributed by atoms with van der Waals surface area (Å²) < 4.78 is 0. The molecule has 1 aromatic carbocycles. The van der Waals surface area contributed by atoms with E-state index in [2.05, 4.69) is 46.0 Å². The molecule has 104 valence electrons. The topological polar surface area (TPSA) is 37.8 Å². The average molecular weight is 293 g/mol. The zero-order chi connectivity index (χ0) is 14.1. The monoisotopic (exact) mass is 293 g/mol. The Bertz CT molecular complexity index is 751. The van der Waals surface area contributed by atoms with Gasteiger partial charge in [0.1, 0.15) is 5.01 Å². The van der Waals surface area contributed by atoms with Crippen LogP contribution in [-0.4, -0.2) is 16.5 Å². The molecule has 0 spiro atoms. The van der Waals surface area contributed by atoms with Gasteiger partial charge in [-0.2, -0.15) is 0 Å². The third-order valence-corrected chi connectivity index (χ3v) is 4.74. The highest BCUT2D eigenvalue weighted by Gasteiger charge is 2.23.